The lowest BCUT2D eigenvalue weighted by Gasteiger charge is -2.37. The van der Waals surface area contributed by atoms with E-state index in [0.717, 1.165) is 12.0 Å². The Morgan fingerprint density at radius 3 is 2.06 bits per heavy atom. The molecule has 1 fully saturated rings. The lowest BCUT2D eigenvalue weighted by Crippen LogP contribution is -2.49. The zero-order valence-corrected chi connectivity index (χ0v) is 18.9. The molecule has 3 aromatic carbocycles. The molecule has 2 unspecified atom stereocenters. The van der Waals surface area contributed by atoms with Crippen molar-refractivity contribution in [3.63, 3.8) is 0 Å². The highest BCUT2D eigenvalue weighted by atomic mass is 35.5. The van der Waals surface area contributed by atoms with Crippen LogP contribution < -0.4 is 9.80 Å². The summed E-state index contributed by atoms with van der Waals surface area (Å²) in [6.07, 6.45) is 1.41. The van der Waals surface area contributed by atoms with Crippen molar-refractivity contribution in [1.29, 1.82) is 0 Å². The number of benzene rings is 3. The summed E-state index contributed by atoms with van der Waals surface area (Å²) in [5.41, 5.74) is 1.39. The molecule has 0 spiro atoms. The molecular formula is C25H24Cl2N2O2. The van der Waals surface area contributed by atoms with Crippen molar-refractivity contribution in [2.24, 2.45) is 0 Å². The SMILES string of the molecule is CCCC1N(c2ccc(Cl)cc2)C(=O)N(c2ccc(Cl)cc2)C1(O)c1cccc(C)c1. The Kier molecular flexibility index (Phi) is 5.98. The van der Waals surface area contributed by atoms with Gasteiger partial charge in [0.2, 0.25) is 0 Å². The average molecular weight is 455 g/mol. The van der Waals surface area contributed by atoms with E-state index < -0.39 is 11.8 Å². The summed E-state index contributed by atoms with van der Waals surface area (Å²) in [5.74, 6) is 0. The van der Waals surface area contributed by atoms with E-state index in [4.69, 9.17) is 23.2 Å². The Bertz CT molecular complexity index is 1090. The van der Waals surface area contributed by atoms with E-state index in [1.807, 2.05) is 50.2 Å². The predicted molar refractivity (Wildman–Crippen MR) is 127 cm³/mol. The highest BCUT2D eigenvalue weighted by Crippen LogP contribution is 2.46. The molecular weight excluding hydrogens is 431 g/mol. The van der Waals surface area contributed by atoms with Gasteiger partial charge in [0, 0.05) is 27.0 Å². The number of carbonyl (C=O) groups is 1. The quantitative estimate of drug-likeness (QED) is 0.462. The van der Waals surface area contributed by atoms with Crippen molar-refractivity contribution in [3.8, 4) is 0 Å². The van der Waals surface area contributed by atoms with Gasteiger partial charge in [-0.3, -0.25) is 9.80 Å². The molecule has 0 radical (unpaired) electrons. The van der Waals surface area contributed by atoms with Crippen LogP contribution in [-0.4, -0.2) is 17.2 Å². The van der Waals surface area contributed by atoms with Gasteiger partial charge < -0.3 is 5.11 Å². The summed E-state index contributed by atoms with van der Waals surface area (Å²) in [6.45, 7) is 4.02. The molecule has 2 atom stereocenters. The number of nitrogens with zero attached hydrogens (tertiary/aromatic N) is 2. The van der Waals surface area contributed by atoms with Gasteiger partial charge >= 0.3 is 6.03 Å². The minimum atomic E-state index is -1.56. The Balaban J connectivity index is 1.95. The molecule has 0 bridgehead atoms. The fourth-order valence-electron chi connectivity index (χ4n) is 4.30. The van der Waals surface area contributed by atoms with Gasteiger partial charge in [0.1, 0.15) is 0 Å². The highest BCUT2D eigenvalue weighted by molar-refractivity contribution is 6.31. The number of urea groups is 1. The second kappa shape index (κ2) is 8.54. The Hall–Kier alpha value is -2.53. The average Bonchev–Trinajstić information content (AvgIpc) is 2.97. The van der Waals surface area contributed by atoms with E-state index in [-0.39, 0.29) is 6.03 Å². The van der Waals surface area contributed by atoms with Crippen LogP contribution in [0.25, 0.3) is 0 Å². The topological polar surface area (TPSA) is 43.8 Å². The van der Waals surface area contributed by atoms with Gasteiger partial charge in [-0.15, -0.1) is 0 Å². The van der Waals surface area contributed by atoms with Crippen LogP contribution in [-0.2, 0) is 5.72 Å². The van der Waals surface area contributed by atoms with Gasteiger partial charge in [0.25, 0.3) is 0 Å². The maximum Gasteiger partial charge on any atom is 0.332 e. The molecule has 0 aliphatic carbocycles. The summed E-state index contributed by atoms with van der Waals surface area (Å²) >= 11 is 12.2. The zero-order valence-electron chi connectivity index (χ0n) is 17.4. The van der Waals surface area contributed by atoms with Gasteiger partial charge in [-0.1, -0.05) is 66.4 Å². The van der Waals surface area contributed by atoms with Gasteiger partial charge in [-0.25, -0.2) is 4.79 Å². The summed E-state index contributed by atoms with van der Waals surface area (Å²) < 4.78 is 0. The fourth-order valence-corrected chi connectivity index (χ4v) is 4.56. The first-order valence-electron chi connectivity index (χ1n) is 10.3. The lowest BCUT2D eigenvalue weighted by molar-refractivity contribution is 0.0289. The Labute approximate surface area is 192 Å². The second-order valence-corrected chi connectivity index (χ2v) is 8.71. The maximum atomic E-state index is 13.9. The highest BCUT2D eigenvalue weighted by Gasteiger charge is 2.58. The van der Waals surface area contributed by atoms with Crippen LogP contribution in [0, 0.1) is 6.92 Å². The predicted octanol–water partition coefficient (Wildman–Crippen LogP) is 6.76. The van der Waals surface area contributed by atoms with E-state index >= 15 is 0 Å². The first kappa shape index (κ1) is 21.7. The monoisotopic (exact) mass is 454 g/mol. The van der Waals surface area contributed by atoms with Crippen molar-refractivity contribution in [1.82, 2.24) is 0 Å². The van der Waals surface area contributed by atoms with E-state index in [0.29, 0.717) is 33.4 Å². The van der Waals surface area contributed by atoms with Crippen LogP contribution in [0.15, 0.2) is 72.8 Å². The molecule has 1 aliphatic heterocycles. The molecule has 4 nitrogen and oxygen atoms in total. The summed E-state index contributed by atoms with van der Waals surface area (Å²) in [5, 5.41) is 13.5. The number of hydrogen-bond acceptors (Lipinski definition) is 2. The molecule has 1 N–H and O–H groups in total. The third kappa shape index (κ3) is 3.80. The smallest absolute Gasteiger partial charge is 0.332 e. The molecule has 4 rings (SSSR count). The maximum absolute atomic E-state index is 13.9. The van der Waals surface area contributed by atoms with Crippen molar-refractivity contribution in [2.45, 2.75) is 38.5 Å². The van der Waals surface area contributed by atoms with Gasteiger partial charge in [-0.05, 0) is 61.9 Å². The van der Waals surface area contributed by atoms with Crippen LogP contribution in [0.2, 0.25) is 10.0 Å². The van der Waals surface area contributed by atoms with Crippen molar-refractivity contribution in [3.05, 3.63) is 94.0 Å². The van der Waals surface area contributed by atoms with Gasteiger partial charge in [-0.2, -0.15) is 0 Å². The molecule has 160 valence electrons. The lowest BCUT2D eigenvalue weighted by atomic mass is 9.90. The summed E-state index contributed by atoms with van der Waals surface area (Å²) in [6, 6.07) is 21.0. The summed E-state index contributed by atoms with van der Waals surface area (Å²) in [7, 11) is 0. The van der Waals surface area contributed by atoms with E-state index in [9.17, 15) is 9.90 Å². The molecule has 1 aliphatic rings. The largest absolute Gasteiger partial charge is 0.365 e. The number of amides is 2. The molecule has 6 heteroatoms. The molecule has 31 heavy (non-hydrogen) atoms. The first-order chi connectivity index (χ1) is 14.9. The van der Waals surface area contributed by atoms with Crippen LogP contribution in [0.4, 0.5) is 16.2 Å². The first-order valence-corrected chi connectivity index (χ1v) is 11.1. The fraction of sp³-hybridized carbons (Fsp3) is 0.240. The molecule has 3 aromatic rings. The van der Waals surface area contributed by atoms with Crippen LogP contribution >= 0.6 is 23.2 Å². The van der Waals surface area contributed by atoms with Crippen LogP contribution in [0.3, 0.4) is 0 Å². The minimum Gasteiger partial charge on any atom is -0.365 e. The number of anilines is 2. The Morgan fingerprint density at radius 2 is 1.52 bits per heavy atom. The number of aryl methyl sites for hydroxylation is 1. The molecule has 0 aromatic heterocycles. The number of halogens is 2. The van der Waals surface area contributed by atoms with E-state index in [1.54, 1.807) is 41.3 Å². The van der Waals surface area contributed by atoms with Crippen LogP contribution in [0.5, 0.6) is 0 Å². The minimum absolute atomic E-state index is 0.299. The number of carbonyl (C=O) groups excluding carboxylic acids is 1. The van der Waals surface area contributed by atoms with Crippen molar-refractivity contribution < 1.29 is 9.90 Å². The number of rotatable bonds is 5. The zero-order chi connectivity index (χ0) is 22.2. The van der Waals surface area contributed by atoms with Gasteiger partial charge in [0.05, 0.1) is 6.04 Å². The van der Waals surface area contributed by atoms with E-state index in [2.05, 4.69) is 0 Å². The molecule has 0 saturated carbocycles. The molecule has 1 saturated heterocycles. The van der Waals surface area contributed by atoms with Crippen molar-refractivity contribution >= 4 is 40.6 Å². The van der Waals surface area contributed by atoms with Crippen molar-refractivity contribution in [2.75, 3.05) is 9.80 Å². The molecule has 2 amide bonds. The third-order valence-electron chi connectivity index (χ3n) is 5.71. The third-order valence-corrected chi connectivity index (χ3v) is 6.21. The van der Waals surface area contributed by atoms with Crippen LogP contribution in [0.1, 0.15) is 30.9 Å². The van der Waals surface area contributed by atoms with Gasteiger partial charge in [0.15, 0.2) is 5.72 Å². The number of hydrogen-bond donors (Lipinski definition) is 1. The Morgan fingerprint density at radius 1 is 0.935 bits per heavy atom. The van der Waals surface area contributed by atoms with E-state index in [1.165, 1.54) is 4.90 Å². The summed E-state index contributed by atoms with van der Waals surface area (Å²) in [4.78, 5) is 17.0. The number of aliphatic hydroxyl groups is 1. The normalized spacial score (nSPS) is 21.1. The molecule has 1 heterocycles. The second-order valence-electron chi connectivity index (χ2n) is 7.84. The standard InChI is InChI=1S/C25H24Cl2N2O2/c1-3-5-23-25(31,18-7-4-6-17(2)16-18)29(22-14-10-20(27)11-15-22)24(30)28(23)21-12-8-19(26)9-13-21/h4,6-16,23,31H,3,5H2,1-2H3.